The number of hydrogen-bond acceptors (Lipinski definition) is 2. The van der Waals surface area contributed by atoms with E-state index in [2.05, 4.69) is 35.6 Å². The molecule has 0 saturated carbocycles. The van der Waals surface area contributed by atoms with Gasteiger partial charge in [-0.2, -0.15) is 0 Å². The van der Waals surface area contributed by atoms with E-state index in [9.17, 15) is 4.79 Å². The highest BCUT2D eigenvalue weighted by atomic mass is 35.5. The lowest BCUT2D eigenvalue weighted by molar-refractivity contribution is 0.121. The number of nitrogens with one attached hydrogen (secondary N) is 1. The maximum absolute atomic E-state index is 12.1. The van der Waals surface area contributed by atoms with Crippen molar-refractivity contribution >= 4 is 18.4 Å². The van der Waals surface area contributed by atoms with E-state index in [0.717, 1.165) is 38.9 Å². The zero-order valence-corrected chi connectivity index (χ0v) is 14.7. The van der Waals surface area contributed by atoms with Gasteiger partial charge in [-0.05, 0) is 43.3 Å². The van der Waals surface area contributed by atoms with Gasteiger partial charge >= 0.3 is 6.03 Å². The van der Waals surface area contributed by atoms with E-state index in [4.69, 9.17) is 0 Å². The number of benzene rings is 1. The first-order valence-electron chi connectivity index (χ1n) is 7.69. The first kappa shape index (κ1) is 18.8. The molecule has 0 unspecified atom stereocenters. The van der Waals surface area contributed by atoms with Crippen molar-refractivity contribution in [3.05, 3.63) is 35.9 Å². The summed E-state index contributed by atoms with van der Waals surface area (Å²) in [4.78, 5) is 15.7. The second kappa shape index (κ2) is 8.39. The maximum atomic E-state index is 12.1. The molecule has 1 fully saturated rings. The molecule has 0 aromatic heterocycles. The maximum Gasteiger partial charge on any atom is 0.319 e. The average Bonchev–Trinajstić information content (AvgIpc) is 2.48. The molecule has 4 nitrogen and oxygen atoms in total. The Kier molecular flexibility index (Phi) is 7.17. The molecule has 0 spiro atoms. The first-order valence-corrected chi connectivity index (χ1v) is 7.69. The van der Waals surface area contributed by atoms with Gasteiger partial charge in [-0.1, -0.05) is 30.3 Å². The number of carbonyl (C=O) groups excluding carboxylic acids is 1. The van der Waals surface area contributed by atoms with Gasteiger partial charge in [0.2, 0.25) is 0 Å². The number of halogens is 1. The molecule has 1 heterocycles. The van der Waals surface area contributed by atoms with Crippen molar-refractivity contribution in [1.29, 1.82) is 0 Å². The molecule has 1 aliphatic rings. The minimum Gasteiger partial charge on any atom is -0.331 e. The molecule has 22 heavy (non-hydrogen) atoms. The molecule has 0 radical (unpaired) electrons. The van der Waals surface area contributed by atoms with E-state index in [1.54, 1.807) is 4.90 Å². The van der Waals surface area contributed by atoms with E-state index >= 15 is 0 Å². The van der Waals surface area contributed by atoms with Crippen LogP contribution in [0.4, 0.5) is 4.79 Å². The second-order valence-electron chi connectivity index (χ2n) is 6.45. The fourth-order valence-electron chi connectivity index (χ4n) is 3.29. The molecular formula is C17H28ClN3O. The van der Waals surface area contributed by atoms with Crippen LogP contribution in [0.1, 0.15) is 18.4 Å². The van der Waals surface area contributed by atoms with Crippen LogP contribution in [0.3, 0.4) is 0 Å². The Labute approximate surface area is 140 Å². The molecule has 0 aliphatic carbocycles. The summed E-state index contributed by atoms with van der Waals surface area (Å²) in [7, 11) is 5.54. The van der Waals surface area contributed by atoms with Crippen molar-refractivity contribution in [2.45, 2.75) is 19.3 Å². The number of piperidine rings is 1. The van der Waals surface area contributed by atoms with Crippen LogP contribution in [0.15, 0.2) is 30.3 Å². The molecule has 1 saturated heterocycles. The summed E-state index contributed by atoms with van der Waals surface area (Å²) in [5, 5.41) is 3.44. The molecule has 124 valence electrons. The Bertz CT molecular complexity index is 458. The van der Waals surface area contributed by atoms with E-state index in [-0.39, 0.29) is 23.9 Å². The van der Waals surface area contributed by atoms with Gasteiger partial charge in [-0.25, -0.2) is 4.79 Å². The summed E-state index contributed by atoms with van der Waals surface area (Å²) in [5.41, 5.74) is 1.55. The highest BCUT2D eigenvalue weighted by Gasteiger charge is 2.34. The number of hydrogen-bond donors (Lipinski definition) is 1. The van der Waals surface area contributed by atoms with Gasteiger partial charge in [0.25, 0.3) is 0 Å². The van der Waals surface area contributed by atoms with Crippen molar-refractivity contribution in [2.75, 3.05) is 40.8 Å². The van der Waals surface area contributed by atoms with Crippen LogP contribution < -0.4 is 5.32 Å². The van der Waals surface area contributed by atoms with Crippen LogP contribution in [-0.2, 0) is 6.42 Å². The Morgan fingerprint density at radius 2 is 1.73 bits per heavy atom. The molecule has 1 aromatic carbocycles. The molecule has 0 bridgehead atoms. The van der Waals surface area contributed by atoms with Crippen LogP contribution in [0.25, 0.3) is 0 Å². The summed E-state index contributed by atoms with van der Waals surface area (Å²) in [6, 6.07) is 10.7. The number of urea groups is 1. The lowest BCUT2D eigenvalue weighted by atomic mass is 9.74. The standard InChI is InChI=1S/C17H27N3O.ClH/c1-19(2)16(21)20(3)14-17(9-11-18-12-10-17)13-15-7-5-4-6-8-15;/h4-8,18H,9-14H2,1-3H3;1H. The highest BCUT2D eigenvalue weighted by Crippen LogP contribution is 2.34. The lowest BCUT2D eigenvalue weighted by Crippen LogP contribution is -2.48. The third kappa shape index (κ3) is 4.89. The summed E-state index contributed by atoms with van der Waals surface area (Å²) < 4.78 is 0. The summed E-state index contributed by atoms with van der Waals surface area (Å²) in [6.45, 7) is 2.90. The minimum atomic E-state index is 0. The molecule has 2 rings (SSSR count). The van der Waals surface area contributed by atoms with E-state index < -0.39 is 0 Å². The predicted molar refractivity (Wildman–Crippen MR) is 93.6 cm³/mol. The third-order valence-corrected chi connectivity index (χ3v) is 4.37. The molecular weight excluding hydrogens is 298 g/mol. The molecule has 0 atom stereocenters. The Balaban J connectivity index is 0.00000242. The highest BCUT2D eigenvalue weighted by molar-refractivity contribution is 5.85. The summed E-state index contributed by atoms with van der Waals surface area (Å²) >= 11 is 0. The Morgan fingerprint density at radius 3 is 2.27 bits per heavy atom. The lowest BCUT2D eigenvalue weighted by Gasteiger charge is -2.41. The molecule has 5 heteroatoms. The van der Waals surface area contributed by atoms with Gasteiger partial charge in [-0.3, -0.25) is 0 Å². The Morgan fingerprint density at radius 1 is 1.14 bits per heavy atom. The van der Waals surface area contributed by atoms with Crippen LogP contribution in [0.2, 0.25) is 0 Å². The third-order valence-electron chi connectivity index (χ3n) is 4.37. The van der Waals surface area contributed by atoms with Crippen LogP contribution in [-0.4, -0.2) is 56.6 Å². The second-order valence-corrected chi connectivity index (χ2v) is 6.45. The number of nitrogens with zero attached hydrogens (tertiary/aromatic N) is 2. The van der Waals surface area contributed by atoms with Gasteiger partial charge in [0.1, 0.15) is 0 Å². The molecule has 1 aromatic rings. The quantitative estimate of drug-likeness (QED) is 0.923. The van der Waals surface area contributed by atoms with Gasteiger partial charge in [-0.15, -0.1) is 12.4 Å². The molecule has 2 amide bonds. The Hall–Kier alpha value is -1.26. The monoisotopic (exact) mass is 325 g/mol. The van der Waals surface area contributed by atoms with Gasteiger partial charge < -0.3 is 15.1 Å². The van der Waals surface area contributed by atoms with Crippen molar-refractivity contribution in [3.8, 4) is 0 Å². The van der Waals surface area contributed by atoms with Crippen molar-refractivity contribution in [1.82, 2.24) is 15.1 Å². The minimum absolute atomic E-state index is 0. The van der Waals surface area contributed by atoms with Crippen molar-refractivity contribution in [3.63, 3.8) is 0 Å². The van der Waals surface area contributed by atoms with Crippen molar-refractivity contribution < 1.29 is 4.79 Å². The zero-order valence-electron chi connectivity index (χ0n) is 13.8. The van der Waals surface area contributed by atoms with E-state index in [0.29, 0.717) is 0 Å². The SMILES string of the molecule is CN(C)C(=O)N(C)CC1(Cc2ccccc2)CCNCC1.Cl. The van der Waals surface area contributed by atoms with E-state index in [1.807, 2.05) is 26.0 Å². The predicted octanol–water partition coefficient (Wildman–Crippen LogP) is 2.63. The normalized spacial score (nSPS) is 16.5. The van der Waals surface area contributed by atoms with Crippen LogP contribution >= 0.6 is 12.4 Å². The summed E-state index contributed by atoms with van der Waals surface area (Å²) in [5.74, 6) is 0. The van der Waals surface area contributed by atoms with Crippen LogP contribution in [0, 0.1) is 5.41 Å². The molecule has 1 aliphatic heterocycles. The van der Waals surface area contributed by atoms with Gasteiger partial charge in [0.15, 0.2) is 0 Å². The summed E-state index contributed by atoms with van der Waals surface area (Å²) in [6.07, 6.45) is 3.28. The van der Waals surface area contributed by atoms with Gasteiger partial charge in [0, 0.05) is 27.7 Å². The average molecular weight is 326 g/mol. The number of carbonyl (C=O) groups is 1. The first-order chi connectivity index (χ1) is 10.0. The fourth-order valence-corrected chi connectivity index (χ4v) is 3.29. The number of amides is 2. The van der Waals surface area contributed by atoms with Crippen LogP contribution in [0.5, 0.6) is 0 Å². The van der Waals surface area contributed by atoms with E-state index in [1.165, 1.54) is 5.56 Å². The topological polar surface area (TPSA) is 35.6 Å². The molecule has 1 N–H and O–H groups in total. The number of rotatable bonds is 4. The zero-order chi connectivity index (χ0) is 15.3. The largest absolute Gasteiger partial charge is 0.331 e. The smallest absolute Gasteiger partial charge is 0.319 e. The van der Waals surface area contributed by atoms with Crippen molar-refractivity contribution in [2.24, 2.45) is 5.41 Å². The fraction of sp³-hybridized carbons (Fsp3) is 0.588. The van der Waals surface area contributed by atoms with Gasteiger partial charge in [0.05, 0.1) is 0 Å².